The fourth-order valence-corrected chi connectivity index (χ4v) is 1.81. The summed E-state index contributed by atoms with van der Waals surface area (Å²) >= 11 is 5.95. The topological polar surface area (TPSA) is 40.8 Å². The SMILES string of the molecule is Cn1ccc(CNc2ccc(C#N)c(Cl)c2)c1. The van der Waals surface area contributed by atoms with Crippen molar-refractivity contribution < 1.29 is 0 Å². The first-order valence-electron chi connectivity index (χ1n) is 5.23. The smallest absolute Gasteiger partial charge is 0.101 e. The van der Waals surface area contributed by atoms with E-state index in [0.29, 0.717) is 10.6 Å². The van der Waals surface area contributed by atoms with Gasteiger partial charge in [0.25, 0.3) is 0 Å². The Bertz CT molecular complexity index is 566. The van der Waals surface area contributed by atoms with Gasteiger partial charge in [-0.1, -0.05) is 11.6 Å². The van der Waals surface area contributed by atoms with E-state index in [2.05, 4.69) is 17.6 Å². The fraction of sp³-hybridized carbons (Fsp3) is 0.154. The molecular weight excluding hydrogens is 234 g/mol. The minimum atomic E-state index is 0.477. The van der Waals surface area contributed by atoms with Gasteiger partial charge in [-0.2, -0.15) is 5.26 Å². The molecule has 0 aliphatic carbocycles. The van der Waals surface area contributed by atoms with Crippen LogP contribution in [0, 0.1) is 11.3 Å². The molecular formula is C13H12ClN3. The highest BCUT2D eigenvalue weighted by Crippen LogP contribution is 2.20. The lowest BCUT2D eigenvalue weighted by Crippen LogP contribution is -1.98. The Balaban J connectivity index is 2.05. The molecule has 0 atom stereocenters. The second-order valence-electron chi connectivity index (χ2n) is 3.85. The maximum Gasteiger partial charge on any atom is 0.101 e. The van der Waals surface area contributed by atoms with Crippen LogP contribution in [0.2, 0.25) is 5.02 Å². The van der Waals surface area contributed by atoms with Crippen molar-refractivity contribution in [3.8, 4) is 6.07 Å². The van der Waals surface area contributed by atoms with Crippen molar-refractivity contribution in [2.24, 2.45) is 7.05 Å². The summed E-state index contributed by atoms with van der Waals surface area (Å²) < 4.78 is 2.00. The van der Waals surface area contributed by atoms with Gasteiger partial charge in [-0.25, -0.2) is 0 Å². The molecule has 0 aliphatic heterocycles. The van der Waals surface area contributed by atoms with Crippen LogP contribution in [0.1, 0.15) is 11.1 Å². The number of nitriles is 1. The van der Waals surface area contributed by atoms with E-state index in [0.717, 1.165) is 12.2 Å². The number of hydrogen-bond acceptors (Lipinski definition) is 2. The van der Waals surface area contributed by atoms with Gasteiger partial charge < -0.3 is 9.88 Å². The summed E-state index contributed by atoms with van der Waals surface area (Å²) in [6.45, 7) is 0.739. The van der Waals surface area contributed by atoms with Gasteiger partial charge in [0.05, 0.1) is 10.6 Å². The molecule has 0 amide bonds. The van der Waals surface area contributed by atoms with Crippen LogP contribution < -0.4 is 5.32 Å². The van der Waals surface area contributed by atoms with Gasteiger partial charge in [0.2, 0.25) is 0 Å². The van der Waals surface area contributed by atoms with Crippen molar-refractivity contribution in [3.05, 3.63) is 52.8 Å². The summed E-state index contributed by atoms with van der Waals surface area (Å²) in [7, 11) is 1.99. The second kappa shape index (κ2) is 4.94. The highest BCUT2D eigenvalue weighted by molar-refractivity contribution is 6.32. The summed E-state index contributed by atoms with van der Waals surface area (Å²) in [6.07, 6.45) is 4.06. The van der Waals surface area contributed by atoms with Crippen LogP contribution >= 0.6 is 11.6 Å². The van der Waals surface area contributed by atoms with Crippen LogP contribution in [0.3, 0.4) is 0 Å². The number of benzene rings is 1. The summed E-state index contributed by atoms with van der Waals surface area (Å²) in [5.41, 5.74) is 2.61. The summed E-state index contributed by atoms with van der Waals surface area (Å²) in [6, 6.07) is 9.43. The lowest BCUT2D eigenvalue weighted by atomic mass is 10.2. The van der Waals surface area contributed by atoms with Crippen molar-refractivity contribution in [1.82, 2.24) is 4.57 Å². The largest absolute Gasteiger partial charge is 0.381 e. The van der Waals surface area contributed by atoms with Crippen LogP contribution in [-0.2, 0) is 13.6 Å². The van der Waals surface area contributed by atoms with E-state index < -0.39 is 0 Å². The zero-order valence-corrected chi connectivity index (χ0v) is 10.2. The van der Waals surface area contributed by atoms with E-state index in [-0.39, 0.29) is 0 Å². The molecule has 0 saturated heterocycles. The molecule has 1 N–H and O–H groups in total. The van der Waals surface area contributed by atoms with Crippen molar-refractivity contribution >= 4 is 17.3 Å². The Hall–Kier alpha value is -1.92. The van der Waals surface area contributed by atoms with Gasteiger partial charge in [0.15, 0.2) is 0 Å². The Labute approximate surface area is 105 Å². The quantitative estimate of drug-likeness (QED) is 0.902. The summed E-state index contributed by atoms with van der Waals surface area (Å²) in [5, 5.41) is 12.5. The molecule has 17 heavy (non-hydrogen) atoms. The Morgan fingerprint density at radius 2 is 2.24 bits per heavy atom. The van der Waals surface area contributed by atoms with Gasteiger partial charge in [-0.15, -0.1) is 0 Å². The number of anilines is 1. The highest BCUT2D eigenvalue weighted by Gasteiger charge is 2.01. The van der Waals surface area contributed by atoms with Gasteiger partial charge in [0, 0.05) is 31.7 Å². The van der Waals surface area contributed by atoms with Crippen LogP contribution in [0.4, 0.5) is 5.69 Å². The molecule has 0 radical (unpaired) electrons. The molecule has 2 aromatic rings. The molecule has 0 aliphatic rings. The summed E-state index contributed by atoms with van der Waals surface area (Å²) in [4.78, 5) is 0. The lowest BCUT2D eigenvalue weighted by Gasteiger charge is -2.06. The van der Waals surface area contributed by atoms with Crippen molar-refractivity contribution in [3.63, 3.8) is 0 Å². The first-order valence-corrected chi connectivity index (χ1v) is 5.61. The normalized spacial score (nSPS) is 9.94. The van der Waals surface area contributed by atoms with E-state index in [4.69, 9.17) is 16.9 Å². The third-order valence-electron chi connectivity index (χ3n) is 2.48. The average molecular weight is 246 g/mol. The lowest BCUT2D eigenvalue weighted by molar-refractivity contribution is 0.920. The first-order chi connectivity index (χ1) is 8.19. The number of aryl methyl sites for hydroxylation is 1. The number of rotatable bonds is 3. The molecule has 1 aromatic carbocycles. The molecule has 3 nitrogen and oxygen atoms in total. The third kappa shape index (κ3) is 2.80. The zero-order chi connectivity index (χ0) is 12.3. The van der Waals surface area contributed by atoms with Crippen LogP contribution in [0.25, 0.3) is 0 Å². The van der Waals surface area contributed by atoms with E-state index in [9.17, 15) is 0 Å². The Morgan fingerprint density at radius 1 is 1.41 bits per heavy atom. The highest BCUT2D eigenvalue weighted by atomic mass is 35.5. The number of halogens is 1. The monoisotopic (exact) mass is 245 g/mol. The molecule has 1 heterocycles. The molecule has 0 spiro atoms. The maximum atomic E-state index is 8.76. The Morgan fingerprint density at radius 3 is 2.82 bits per heavy atom. The van der Waals surface area contributed by atoms with Gasteiger partial charge in [-0.05, 0) is 29.8 Å². The first kappa shape index (κ1) is 11.6. The van der Waals surface area contributed by atoms with E-state index in [1.165, 1.54) is 5.56 Å². The second-order valence-corrected chi connectivity index (χ2v) is 4.25. The molecule has 2 rings (SSSR count). The molecule has 4 heteroatoms. The molecule has 1 aromatic heterocycles. The minimum absolute atomic E-state index is 0.477. The van der Waals surface area contributed by atoms with E-state index >= 15 is 0 Å². The Kier molecular flexibility index (Phi) is 3.36. The standard InChI is InChI=1S/C13H12ClN3/c1-17-5-4-10(9-17)8-16-12-3-2-11(7-15)13(14)6-12/h2-6,9,16H,8H2,1H3. The number of nitrogens with zero attached hydrogens (tertiary/aromatic N) is 2. The fourth-order valence-electron chi connectivity index (χ4n) is 1.59. The van der Waals surface area contributed by atoms with Crippen molar-refractivity contribution in [2.75, 3.05) is 5.32 Å². The van der Waals surface area contributed by atoms with E-state index in [1.807, 2.05) is 29.9 Å². The zero-order valence-electron chi connectivity index (χ0n) is 9.44. The third-order valence-corrected chi connectivity index (χ3v) is 2.79. The number of nitrogens with one attached hydrogen (secondary N) is 1. The van der Waals surface area contributed by atoms with Gasteiger partial charge >= 0.3 is 0 Å². The predicted octanol–water partition coefficient (Wildman–Crippen LogP) is 3.16. The molecule has 0 fully saturated rings. The van der Waals surface area contributed by atoms with Crippen LogP contribution in [0.5, 0.6) is 0 Å². The predicted molar refractivity (Wildman–Crippen MR) is 68.9 cm³/mol. The van der Waals surface area contributed by atoms with Crippen molar-refractivity contribution in [1.29, 1.82) is 5.26 Å². The van der Waals surface area contributed by atoms with Gasteiger partial charge in [-0.3, -0.25) is 0 Å². The number of aromatic nitrogens is 1. The molecule has 0 unspecified atom stereocenters. The minimum Gasteiger partial charge on any atom is -0.381 e. The van der Waals surface area contributed by atoms with Crippen molar-refractivity contribution in [2.45, 2.75) is 6.54 Å². The summed E-state index contributed by atoms with van der Waals surface area (Å²) in [5.74, 6) is 0. The van der Waals surface area contributed by atoms with E-state index in [1.54, 1.807) is 12.1 Å². The molecule has 0 bridgehead atoms. The van der Waals surface area contributed by atoms with Gasteiger partial charge in [0.1, 0.15) is 6.07 Å². The molecule has 86 valence electrons. The molecule has 0 saturated carbocycles. The van der Waals surface area contributed by atoms with Crippen LogP contribution in [-0.4, -0.2) is 4.57 Å². The number of hydrogen-bond donors (Lipinski definition) is 1. The average Bonchev–Trinajstić information content (AvgIpc) is 2.73. The maximum absolute atomic E-state index is 8.76. The van der Waals surface area contributed by atoms with Crippen LogP contribution in [0.15, 0.2) is 36.7 Å².